The van der Waals surface area contributed by atoms with Gasteiger partial charge in [0, 0.05) is 5.69 Å². The van der Waals surface area contributed by atoms with E-state index >= 15 is 0 Å². The van der Waals surface area contributed by atoms with Gasteiger partial charge in [0.1, 0.15) is 5.75 Å². The first kappa shape index (κ1) is 8.05. The molecule has 0 bridgehead atoms. The highest BCUT2D eigenvalue weighted by Crippen LogP contribution is 2.09. The van der Waals surface area contributed by atoms with Crippen molar-refractivity contribution in [1.82, 2.24) is 4.98 Å². The molecule has 1 heterocycles. The lowest BCUT2D eigenvalue weighted by molar-refractivity contribution is 0.471. The zero-order valence-electron chi connectivity index (χ0n) is 6.91. The van der Waals surface area contributed by atoms with Crippen LogP contribution in [-0.4, -0.2) is 10.1 Å². The number of aromatic hydroxyl groups is 1. The summed E-state index contributed by atoms with van der Waals surface area (Å²) >= 11 is 0. The van der Waals surface area contributed by atoms with Crippen LogP contribution in [0.25, 0.3) is 0 Å². The van der Waals surface area contributed by atoms with Crippen LogP contribution in [0.2, 0.25) is 0 Å². The molecule has 2 heteroatoms. The van der Waals surface area contributed by atoms with Crippen molar-refractivity contribution >= 4 is 0 Å². The number of rotatable bonds is 2. The number of hydrogen-bond acceptors (Lipinski definition) is 2. The van der Waals surface area contributed by atoms with Gasteiger partial charge >= 0.3 is 0 Å². The molecule has 0 amide bonds. The van der Waals surface area contributed by atoms with Gasteiger partial charge in [-0.05, 0) is 24.5 Å². The Balaban J connectivity index is 2.66. The topological polar surface area (TPSA) is 33.1 Å². The summed E-state index contributed by atoms with van der Waals surface area (Å²) in [5, 5.41) is 8.93. The number of pyridine rings is 1. The summed E-state index contributed by atoms with van der Waals surface area (Å²) in [6.07, 6.45) is 2.46. The molecule has 0 fully saturated rings. The van der Waals surface area contributed by atoms with Crippen molar-refractivity contribution in [2.75, 3.05) is 0 Å². The Morgan fingerprint density at radius 3 is 2.64 bits per heavy atom. The average Bonchev–Trinajstić information content (AvgIpc) is 1.93. The molecule has 1 N–H and O–H groups in total. The van der Waals surface area contributed by atoms with Crippen LogP contribution in [0.3, 0.4) is 0 Å². The molecule has 1 rings (SSSR count). The van der Waals surface area contributed by atoms with Gasteiger partial charge in [0.2, 0.25) is 0 Å². The fourth-order valence-electron chi connectivity index (χ4n) is 0.956. The molecule has 0 atom stereocenters. The van der Waals surface area contributed by atoms with Gasteiger partial charge in [-0.15, -0.1) is 0 Å². The van der Waals surface area contributed by atoms with Gasteiger partial charge in [-0.25, -0.2) is 0 Å². The summed E-state index contributed by atoms with van der Waals surface area (Å²) in [7, 11) is 0. The van der Waals surface area contributed by atoms with Gasteiger partial charge in [0.15, 0.2) is 0 Å². The molecule has 1 aromatic heterocycles. The Kier molecular flexibility index (Phi) is 2.47. The molecule has 0 aliphatic carbocycles. The quantitative estimate of drug-likeness (QED) is 0.701. The van der Waals surface area contributed by atoms with E-state index in [1.54, 1.807) is 6.07 Å². The van der Waals surface area contributed by atoms with Crippen molar-refractivity contribution in [3.8, 4) is 5.75 Å². The SMILES string of the molecule is CC(C)Cc1ccc(O)cn1. The number of hydrogen-bond donors (Lipinski definition) is 1. The average molecular weight is 151 g/mol. The zero-order chi connectivity index (χ0) is 8.27. The highest BCUT2D eigenvalue weighted by atomic mass is 16.3. The van der Waals surface area contributed by atoms with E-state index in [2.05, 4.69) is 18.8 Å². The molecule has 0 radical (unpaired) electrons. The summed E-state index contributed by atoms with van der Waals surface area (Å²) in [4.78, 5) is 4.07. The second kappa shape index (κ2) is 3.37. The summed E-state index contributed by atoms with van der Waals surface area (Å²) in [5.41, 5.74) is 1.04. The predicted octanol–water partition coefficient (Wildman–Crippen LogP) is 1.99. The van der Waals surface area contributed by atoms with Crippen LogP contribution in [-0.2, 0) is 6.42 Å². The fraction of sp³-hybridized carbons (Fsp3) is 0.444. The van der Waals surface area contributed by atoms with E-state index in [0.717, 1.165) is 12.1 Å². The Labute approximate surface area is 66.9 Å². The highest BCUT2D eigenvalue weighted by Gasteiger charge is 1.97. The van der Waals surface area contributed by atoms with E-state index in [-0.39, 0.29) is 5.75 Å². The Morgan fingerprint density at radius 1 is 1.45 bits per heavy atom. The molecular weight excluding hydrogens is 138 g/mol. The van der Waals surface area contributed by atoms with Crippen molar-refractivity contribution < 1.29 is 5.11 Å². The van der Waals surface area contributed by atoms with Crippen LogP contribution in [0.4, 0.5) is 0 Å². The first-order valence-corrected chi connectivity index (χ1v) is 3.82. The Hall–Kier alpha value is -1.05. The number of aromatic nitrogens is 1. The number of nitrogens with zero attached hydrogens (tertiary/aromatic N) is 1. The first-order chi connectivity index (χ1) is 5.18. The second-order valence-electron chi connectivity index (χ2n) is 3.11. The lowest BCUT2D eigenvalue weighted by Crippen LogP contribution is -1.95. The summed E-state index contributed by atoms with van der Waals surface area (Å²) in [6.45, 7) is 4.29. The minimum atomic E-state index is 0.234. The van der Waals surface area contributed by atoms with Crippen LogP contribution >= 0.6 is 0 Å². The summed E-state index contributed by atoms with van der Waals surface area (Å²) in [5.74, 6) is 0.851. The molecule has 0 aliphatic rings. The maximum absolute atomic E-state index is 8.93. The maximum Gasteiger partial charge on any atom is 0.133 e. The van der Waals surface area contributed by atoms with Crippen LogP contribution in [0.1, 0.15) is 19.5 Å². The molecule has 1 aromatic rings. The molecule has 0 aromatic carbocycles. The first-order valence-electron chi connectivity index (χ1n) is 3.82. The van der Waals surface area contributed by atoms with E-state index in [9.17, 15) is 0 Å². The maximum atomic E-state index is 8.93. The Bertz CT molecular complexity index is 216. The minimum Gasteiger partial charge on any atom is -0.506 e. The lowest BCUT2D eigenvalue weighted by atomic mass is 10.1. The normalized spacial score (nSPS) is 10.5. The van der Waals surface area contributed by atoms with E-state index in [4.69, 9.17) is 5.11 Å². The van der Waals surface area contributed by atoms with Gasteiger partial charge in [-0.3, -0.25) is 4.98 Å². The van der Waals surface area contributed by atoms with Gasteiger partial charge in [0.05, 0.1) is 6.20 Å². The van der Waals surface area contributed by atoms with Gasteiger partial charge in [-0.1, -0.05) is 13.8 Å². The van der Waals surface area contributed by atoms with Crippen LogP contribution in [0.15, 0.2) is 18.3 Å². The van der Waals surface area contributed by atoms with Gasteiger partial charge in [-0.2, -0.15) is 0 Å². The van der Waals surface area contributed by atoms with Crippen molar-refractivity contribution in [3.05, 3.63) is 24.0 Å². The third-order valence-corrected chi connectivity index (χ3v) is 1.43. The van der Waals surface area contributed by atoms with Crippen molar-refractivity contribution in [1.29, 1.82) is 0 Å². The smallest absolute Gasteiger partial charge is 0.133 e. The minimum absolute atomic E-state index is 0.234. The van der Waals surface area contributed by atoms with Crippen LogP contribution in [0.5, 0.6) is 5.75 Å². The molecule has 0 aliphatic heterocycles. The van der Waals surface area contributed by atoms with E-state index < -0.39 is 0 Å². The van der Waals surface area contributed by atoms with Gasteiger partial charge < -0.3 is 5.11 Å². The fourth-order valence-corrected chi connectivity index (χ4v) is 0.956. The second-order valence-corrected chi connectivity index (χ2v) is 3.11. The molecule has 0 saturated heterocycles. The standard InChI is InChI=1S/C9H13NO/c1-7(2)5-8-3-4-9(11)6-10-8/h3-4,6-7,11H,5H2,1-2H3. The summed E-state index contributed by atoms with van der Waals surface area (Å²) < 4.78 is 0. The van der Waals surface area contributed by atoms with Crippen molar-refractivity contribution in [2.24, 2.45) is 5.92 Å². The molecule has 0 unspecified atom stereocenters. The van der Waals surface area contributed by atoms with Crippen LogP contribution in [0, 0.1) is 5.92 Å². The van der Waals surface area contributed by atoms with Crippen molar-refractivity contribution in [2.45, 2.75) is 20.3 Å². The third kappa shape index (κ3) is 2.58. The highest BCUT2D eigenvalue weighted by molar-refractivity contribution is 5.17. The Morgan fingerprint density at radius 2 is 2.18 bits per heavy atom. The molecular formula is C9H13NO. The third-order valence-electron chi connectivity index (χ3n) is 1.43. The van der Waals surface area contributed by atoms with Crippen LogP contribution < -0.4 is 0 Å². The molecule has 0 saturated carbocycles. The molecule has 11 heavy (non-hydrogen) atoms. The molecule has 0 spiro atoms. The van der Waals surface area contributed by atoms with E-state index in [1.165, 1.54) is 6.20 Å². The van der Waals surface area contributed by atoms with Gasteiger partial charge in [0.25, 0.3) is 0 Å². The lowest BCUT2D eigenvalue weighted by Gasteiger charge is -2.02. The largest absolute Gasteiger partial charge is 0.506 e. The monoisotopic (exact) mass is 151 g/mol. The zero-order valence-corrected chi connectivity index (χ0v) is 6.91. The van der Waals surface area contributed by atoms with Crippen molar-refractivity contribution in [3.63, 3.8) is 0 Å². The molecule has 60 valence electrons. The van der Waals surface area contributed by atoms with E-state index in [0.29, 0.717) is 5.92 Å². The van der Waals surface area contributed by atoms with E-state index in [1.807, 2.05) is 6.07 Å². The predicted molar refractivity (Wildman–Crippen MR) is 44.4 cm³/mol. The summed E-state index contributed by atoms with van der Waals surface area (Å²) in [6, 6.07) is 3.53. The molecule has 2 nitrogen and oxygen atoms in total.